The van der Waals surface area contributed by atoms with E-state index >= 15 is 0 Å². The smallest absolute Gasteiger partial charge is 0.138 e. The summed E-state index contributed by atoms with van der Waals surface area (Å²) < 4.78 is 5.16. The maximum Gasteiger partial charge on any atom is 0.138 e. The maximum absolute atomic E-state index is 10.8. The van der Waals surface area contributed by atoms with Crippen LogP contribution in [0.5, 0.6) is 5.75 Å². The van der Waals surface area contributed by atoms with Gasteiger partial charge in [-0.15, -0.1) is 0 Å². The zero-order valence-electron chi connectivity index (χ0n) is 9.74. The minimum atomic E-state index is -0.0970. The fourth-order valence-corrected chi connectivity index (χ4v) is 2.12. The molecule has 0 aliphatic heterocycles. The summed E-state index contributed by atoms with van der Waals surface area (Å²) >= 11 is 6.21. The number of rotatable bonds is 3. The number of benzene rings is 2. The highest BCUT2D eigenvalue weighted by atomic mass is 35.5. The summed E-state index contributed by atoms with van der Waals surface area (Å²) in [6, 6.07) is 9.61. The number of carbonyl (C=O) groups excluding carboxylic acids is 1. The third-order valence-electron chi connectivity index (χ3n) is 2.89. The van der Waals surface area contributed by atoms with Crippen LogP contribution in [0.1, 0.15) is 18.4 Å². The molecule has 0 N–H and O–H groups in total. The molecule has 2 nitrogen and oxygen atoms in total. The van der Waals surface area contributed by atoms with Crippen LogP contribution in [0, 0.1) is 0 Å². The van der Waals surface area contributed by atoms with Gasteiger partial charge in [-0.1, -0.05) is 42.8 Å². The van der Waals surface area contributed by atoms with Gasteiger partial charge in [-0.3, -0.25) is 0 Å². The molecule has 1 unspecified atom stereocenters. The van der Waals surface area contributed by atoms with Crippen LogP contribution in [0.4, 0.5) is 0 Å². The van der Waals surface area contributed by atoms with E-state index in [0.717, 1.165) is 22.6 Å². The molecular weight excluding hydrogens is 236 g/mol. The van der Waals surface area contributed by atoms with Crippen molar-refractivity contribution in [2.45, 2.75) is 12.8 Å². The minimum absolute atomic E-state index is 0.0970. The summed E-state index contributed by atoms with van der Waals surface area (Å²) in [7, 11) is 1.59. The highest BCUT2D eigenvalue weighted by Gasteiger charge is 2.08. The number of hydrogen-bond acceptors (Lipinski definition) is 2. The largest absolute Gasteiger partial charge is 0.495 e. The second kappa shape index (κ2) is 4.76. The number of aldehydes is 1. The molecule has 0 spiro atoms. The van der Waals surface area contributed by atoms with Crippen LogP contribution < -0.4 is 4.74 Å². The lowest BCUT2D eigenvalue weighted by Gasteiger charge is -2.09. The molecule has 0 aliphatic rings. The first-order valence-corrected chi connectivity index (χ1v) is 5.76. The highest BCUT2D eigenvalue weighted by Crippen LogP contribution is 2.33. The first-order valence-electron chi connectivity index (χ1n) is 5.39. The van der Waals surface area contributed by atoms with Gasteiger partial charge < -0.3 is 9.53 Å². The molecule has 88 valence electrons. The van der Waals surface area contributed by atoms with Crippen molar-refractivity contribution in [2.75, 3.05) is 7.11 Å². The Hall–Kier alpha value is -1.54. The zero-order chi connectivity index (χ0) is 12.4. The van der Waals surface area contributed by atoms with Gasteiger partial charge in [0.2, 0.25) is 0 Å². The first kappa shape index (κ1) is 11.9. The molecule has 0 saturated carbocycles. The Morgan fingerprint density at radius 1 is 1.29 bits per heavy atom. The summed E-state index contributed by atoms with van der Waals surface area (Å²) in [6.45, 7) is 1.87. The summed E-state index contributed by atoms with van der Waals surface area (Å²) in [5.74, 6) is 0.565. The van der Waals surface area contributed by atoms with Crippen LogP contribution in [0.25, 0.3) is 10.8 Å². The Balaban J connectivity index is 2.61. The SMILES string of the molecule is COc1ccc2cc(C(C)C=O)ccc2c1Cl. The van der Waals surface area contributed by atoms with Crippen molar-refractivity contribution in [1.29, 1.82) is 0 Å². The van der Waals surface area contributed by atoms with E-state index in [0.29, 0.717) is 10.8 Å². The number of carbonyl (C=O) groups is 1. The van der Waals surface area contributed by atoms with Crippen molar-refractivity contribution in [1.82, 2.24) is 0 Å². The lowest BCUT2D eigenvalue weighted by atomic mass is 9.99. The molecule has 0 saturated heterocycles. The fourth-order valence-electron chi connectivity index (χ4n) is 1.81. The van der Waals surface area contributed by atoms with Gasteiger partial charge in [-0.05, 0) is 17.0 Å². The van der Waals surface area contributed by atoms with Crippen molar-refractivity contribution < 1.29 is 9.53 Å². The van der Waals surface area contributed by atoms with E-state index in [1.165, 1.54) is 0 Å². The van der Waals surface area contributed by atoms with Crippen LogP contribution in [0.3, 0.4) is 0 Å². The molecule has 0 radical (unpaired) electrons. The average molecular weight is 249 g/mol. The van der Waals surface area contributed by atoms with Crippen molar-refractivity contribution in [3.05, 3.63) is 40.9 Å². The van der Waals surface area contributed by atoms with Crippen molar-refractivity contribution in [3.63, 3.8) is 0 Å². The predicted molar refractivity (Wildman–Crippen MR) is 70.0 cm³/mol. The van der Waals surface area contributed by atoms with Gasteiger partial charge in [0.25, 0.3) is 0 Å². The standard InChI is InChI=1S/C14H13ClO2/c1-9(8-16)10-3-5-12-11(7-10)4-6-13(17-2)14(12)15/h3-9H,1-2H3. The Morgan fingerprint density at radius 3 is 2.71 bits per heavy atom. The second-order valence-corrected chi connectivity index (χ2v) is 4.37. The molecule has 3 heteroatoms. The fraction of sp³-hybridized carbons (Fsp3) is 0.214. The van der Waals surface area contributed by atoms with E-state index in [4.69, 9.17) is 16.3 Å². The van der Waals surface area contributed by atoms with Gasteiger partial charge in [0, 0.05) is 11.3 Å². The van der Waals surface area contributed by atoms with E-state index in [1.807, 2.05) is 37.3 Å². The van der Waals surface area contributed by atoms with Gasteiger partial charge in [-0.2, -0.15) is 0 Å². The lowest BCUT2D eigenvalue weighted by Crippen LogP contribution is -1.94. The monoisotopic (exact) mass is 248 g/mol. The van der Waals surface area contributed by atoms with Crippen molar-refractivity contribution >= 4 is 28.7 Å². The number of halogens is 1. The van der Waals surface area contributed by atoms with E-state index in [1.54, 1.807) is 7.11 Å². The third kappa shape index (κ3) is 2.13. The Labute approximate surface area is 105 Å². The molecule has 0 aromatic heterocycles. The van der Waals surface area contributed by atoms with Gasteiger partial charge in [-0.25, -0.2) is 0 Å². The second-order valence-electron chi connectivity index (χ2n) is 3.99. The molecule has 0 bridgehead atoms. The summed E-state index contributed by atoms with van der Waals surface area (Å²) in [5.41, 5.74) is 0.994. The van der Waals surface area contributed by atoms with Crippen molar-refractivity contribution in [3.8, 4) is 5.75 Å². The molecule has 0 heterocycles. The first-order chi connectivity index (χ1) is 8.17. The third-order valence-corrected chi connectivity index (χ3v) is 3.28. The van der Waals surface area contributed by atoms with Crippen LogP contribution >= 0.6 is 11.6 Å². The van der Waals surface area contributed by atoms with Gasteiger partial charge in [0.05, 0.1) is 12.1 Å². The number of hydrogen-bond donors (Lipinski definition) is 0. The van der Waals surface area contributed by atoms with Crippen LogP contribution in [0.2, 0.25) is 5.02 Å². The van der Waals surface area contributed by atoms with Gasteiger partial charge in [0.15, 0.2) is 0 Å². The summed E-state index contributed by atoms with van der Waals surface area (Å²) in [5, 5.41) is 2.56. The maximum atomic E-state index is 10.8. The molecular formula is C14H13ClO2. The lowest BCUT2D eigenvalue weighted by molar-refractivity contribution is -0.108. The number of fused-ring (bicyclic) bond motifs is 1. The van der Waals surface area contributed by atoms with E-state index in [-0.39, 0.29) is 5.92 Å². The summed E-state index contributed by atoms with van der Waals surface area (Å²) in [6.07, 6.45) is 0.937. The number of ether oxygens (including phenoxy) is 1. The molecule has 17 heavy (non-hydrogen) atoms. The molecule has 0 fully saturated rings. The quantitative estimate of drug-likeness (QED) is 0.773. The zero-order valence-corrected chi connectivity index (χ0v) is 10.5. The van der Waals surface area contributed by atoms with Gasteiger partial charge >= 0.3 is 0 Å². The Bertz CT molecular complexity index is 563. The molecule has 2 rings (SSSR count). The topological polar surface area (TPSA) is 26.3 Å². The van der Waals surface area contributed by atoms with Crippen molar-refractivity contribution in [2.24, 2.45) is 0 Å². The molecule has 0 aliphatic carbocycles. The van der Waals surface area contributed by atoms with Crippen LogP contribution in [0.15, 0.2) is 30.3 Å². The highest BCUT2D eigenvalue weighted by molar-refractivity contribution is 6.37. The van der Waals surface area contributed by atoms with E-state index < -0.39 is 0 Å². The van der Waals surface area contributed by atoms with E-state index in [9.17, 15) is 4.79 Å². The molecule has 2 aromatic carbocycles. The molecule has 1 atom stereocenters. The molecule has 0 amide bonds. The average Bonchev–Trinajstić information content (AvgIpc) is 2.38. The minimum Gasteiger partial charge on any atom is -0.495 e. The predicted octanol–water partition coefficient (Wildman–Crippen LogP) is 3.80. The molecule has 2 aromatic rings. The normalized spacial score (nSPS) is 12.4. The summed E-state index contributed by atoms with van der Waals surface area (Å²) in [4.78, 5) is 10.8. The number of methoxy groups -OCH3 is 1. The Morgan fingerprint density at radius 2 is 2.06 bits per heavy atom. The van der Waals surface area contributed by atoms with Gasteiger partial charge in [0.1, 0.15) is 12.0 Å². The van der Waals surface area contributed by atoms with E-state index in [2.05, 4.69) is 0 Å². The Kier molecular flexibility index (Phi) is 3.34. The van der Waals surface area contributed by atoms with Crippen LogP contribution in [-0.4, -0.2) is 13.4 Å². The van der Waals surface area contributed by atoms with Crippen LogP contribution in [-0.2, 0) is 4.79 Å².